The number of rotatable bonds is 3. The van der Waals surface area contributed by atoms with Gasteiger partial charge in [-0.15, -0.1) is 0 Å². The van der Waals surface area contributed by atoms with Gasteiger partial charge in [-0.2, -0.15) is 0 Å². The summed E-state index contributed by atoms with van der Waals surface area (Å²) in [6, 6.07) is 7.31. The maximum atomic E-state index is 12.1. The van der Waals surface area contributed by atoms with E-state index in [2.05, 4.69) is 9.72 Å². The zero-order valence-electron chi connectivity index (χ0n) is 12.4. The molecular formula is C16H10N2O6. The van der Waals surface area contributed by atoms with Crippen molar-refractivity contribution in [2.45, 2.75) is 0 Å². The zero-order valence-corrected chi connectivity index (χ0v) is 12.4. The van der Waals surface area contributed by atoms with E-state index in [4.69, 9.17) is 4.84 Å². The van der Waals surface area contributed by atoms with Gasteiger partial charge in [-0.1, -0.05) is 17.2 Å². The Bertz CT molecular complexity index is 841. The van der Waals surface area contributed by atoms with E-state index in [1.807, 2.05) is 0 Å². The molecule has 1 aliphatic rings. The summed E-state index contributed by atoms with van der Waals surface area (Å²) in [6.45, 7) is 0. The average molecular weight is 326 g/mol. The second kappa shape index (κ2) is 5.92. The van der Waals surface area contributed by atoms with E-state index in [9.17, 15) is 19.2 Å². The molecule has 1 aliphatic heterocycles. The molecule has 8 nitrogen and oxygen atoms in total. The maximum absolute atomic E-state index is 12.1. The number of aromatic nitrogens is 1. The number of methoxy groups -OCH3 is 1. The highest BCUT2D eigenvalue weighted by molar-refractivity contribution is 6.21. The summed E-state index contributed by atoms with van der Waals surface area (Å²) in [6.07, 6.45) is 2.36. The van der Waals surface area contributed by atoms with Crippen LogP contribution in [0.4, 0.5) is 0 Å². The largest absolute Gasteiger partial charge is 0.465 e. The number of hydroxylamine groups is 2. The van der Waals surface area contributed by atoms with Gasteiger partial charge in [0.05, 0.1) is 29.4 Å². The molecule has 1 aromatic carbocycles. The number of carbonyl (C=O) groups is 4. The van der Waals surface area contributed by atoms with Crippen LogP contribution >= 0.6 is 0 Å². The molecular weight excluding hydrogens is 316 g/mol. The topological polar surface area (TPSA) is 103 Å². The first-order valence-corrected chi connectivity index (χ1v) is 6.76. The van der Waals surface area contributed by atoms with Crippen molar-refractivity contribution in [2.24, 2.45) is 0 Å². The number of hydrogen-bond donors (Lipinski definition) is 0. The Morgan fingerprint density at radius 1 is 0.958 bits per heavy atom. The zero-order chi connectivity index (χ0) is 17.3. The first-order valence-electron chi connectivity index (χ1n) is 6.76. The van der Waals surface area contributed by atoms with Gasteiger partial charge in [0.2, 0.25) is 0 Å². The summed E-state index contributed by atoms with van der Waals surface area (Å²) in [5, 5.41) is 0.387. The van der Waals surface area contributed by atoms with Gasteiger partial charge in [-0.05, 0) is 18.2 Å². The van der Waals surface area contributed by atoms with Crippen molar-refractivity contribution < 1.29 is 28.8 Å². The molecule has 0 saturated heterocycles. The number of carbonyl (C=O) groups excluding carboxylic acids is 4. The molecule has 0 saturated carbocycles. The molecule has 24 heavy (non-hydrogen) atoms. The summed E-state index contributed by atoms with van der Waals surface area (Å²) in [5.74, 6) is -3.15. The van der Waals surface area contributed by atoms with E-state index in [1.54, 1.807) is 12.1 Å². The fourth-order valence-corrected chi connectivity index (χ4v) is 2.17. The normalized spacial score (nSPS) is 12.8. The Morgan fingerprint density at radius 3 is 2.04 bits per heavy atom. The van der Waals surface area contributed by atoms with Crippen LogP contribution in [0.5, 0.6) is 0 Å². The molecule has 120 valence electrons. The van der Waals surface area contributed by atoms with Crippen LogP contribution in [0, 0.1) is 0 Å². The lowest BCUT2D eigenvalue weighted by Gasteiger charge is -2.12. The third-order valence-corrected chi connectivity index (χ3v) is 3.33. The molecule has 0 aliphatic carbocycles. The van der Waals surface area contributed by atoms with Gasteiger partial charge in [-0.3, -0.25) is 14.6 Å². The van der Waals surface area contributed by atoms with Crippen molar-refractivity contribution >= 4 is 23.8 Å². The molecule has 2 heterocycles. The van der Waals surface area contributed by atoms with Crippen LogP contribution in [-0.2, 0) is 9.57 Å². The predicted molar refractivity (Wildman–Crippen MR) is 77.9 cm³/mol. The van der Waals surface area contributed by atoms with E-state index in [-0.39, 0.29) is 22.3 Å². The highest BCUT2D eigenvalue weighted by Gasteiger charge is 2.38. The SMILES string of the molecule is COC(=O)c1cncc(C(=O)ON2C(=O)c3ccccc3C2=O)c1. The third kappa shape index (κ3) is 2.50. The minimum Gasteiger partial charge on any atom is -0.465 e. The van der Waals surface area contributed by atoms with E-state index in [0.717, 1.165) is 6.20 Å². The summed E-state index contributed by atoms with van der Waals surface area (Å²) < 4.78 is 4.53. The number of ether oxygens (including phenoxy) is 1. The van der Waals surface area contributed by atoms with Crippen molar-refractivity contribution in [1.29, 1.82) is 0 Å². The van der Waals surface area contributed by atoms with Crippen LogP contribution in [-0.4, -0.2) is 40.9 Å². The van der Waals surface area contributed by atoms with Gasteiger partial charge in [0.25, 0.3) is 11.8 Å². The van der Waals surface area contributed by atoms with Gasteiger partial charge in [0.15, 0.2) is 0 Å². The number of amides is 2. The molecule has 0 fully saturated rings. The molecule has 0 unspecified atom stereocenters. The Labute approximate surface area is 135 Å². The first kappa shape index (κ1) is 15.3. The predicted octanol–water partition coefficient (Wildman–Crippen LogP) is 1.24. The number of esters is 1. The molecule has 2 amide bonds. The number of hydrogen-bond acceptors (Lipinski definition) is 7. The standard InChI is InChI=1S/C16H10N2O6/c1-23-15(21)9-6-10(8-17-7-9)16(22)24-18-13(19)11-4-2-3-5-12(11)14(18)20/h2-8H,1H3. The quantitative estimate of drug-likeness (QED) is 0.617. The van der Waals surface area contributed by atoms with Gasteiger partial charge < -0.3 is 9.57 Å². The number of benzene rings is 1. The number of fused-ring (bicyclic) bond motifs is 1. The summed E-state index contributed by atoms with van der Waals surface area (Å²) in [7, 11) is 1.19. The Hall–Kier alpha value is -3.55. The lowest BCUT2D eigenvalue weighted by Crippen LogP contribution is -2.32. The molecule has 0 atom stereocenters. The van der Waals surface area contributed by atoms with Crippen LogP contribution in [0.15, 0.2) is 42.7 Å². The molecule has 8 heteroatoms. The third-order valence-electron chi connectivity index (χ3n) is 3.33. The Kier molecular flexibility index (Phi) is 3.78. The smallest absolute Gasteiger partial charge is 0.365 e. The summed E-state index contributed by atoms with van der Waals surface area (Å²) >= 11 is 0. The van der Waals surface area contributed by atoms with E-state index >= 15 is 0 Å². The van der Waals surface area contributed by atoms with Crippen LogP contribution < -0.4 is 0 Å². The molecule has 0 radical (unpaired) electrons. The highest BCUT2D eigenvalue weighted by atomic mass is 16.7. The summed E-state index contributed by atoms with van der Waals surface area (Å²) in [5.41, 5.74) is 0.234. The van der Waals surface area contributed by atoms with Crippen molar-refractivity contribution in [3.8, 4) is 0 Å². The Morgan fingerprint density at radius 2 is 1.50 bits per heavy atom. The van der Waals surface area contributed by atoms with Crippen molar-refractivity contribution in [1.82, 2.24) is 10.0 Å². The second-order valence-electron chi connectivity index (χ2n) is 4.78. The van der Waals surface area contributed by atoms with Crippen LogP contribution in [0.3, 0.4) is 0 Å². The number of pyridine rings is 1. The maximum Gasteiger partial charge on any atom is 0.365 e. The molecule has 3 rings (SSSR count). The molecule has 0 spiro atoms. The number of imide groups is 1. The van der Waals surface area contributed by atoms with Crippen molar-refractivity contribution in [2.75, 3.05) is 7.11 Å². The average Bonchev–Trinajstić information content (AvgIpc) is 2.86. The van der Waals surface area contributed by atoms with E-state index in [1.165, 1.54) is 31.5 Å². The lowest BCUT2D eigenvalue weighted by atomic mass is 10.1. The monoisotopic (exact) mass is 326 g/mol. The fraction of sp³-hybridized carbons (Fsp3) is 0.0625. The summed E-state index contributed by atoms with van der Waals surface area (Å²) in [4.78, 5) is 56.5. The van der Waals surface area contributed by atoms with Crippen molar-refractivity contribution in [3.05, 3.63) is 65.0 Å². The first-order chi connectivity index (χ1) is 11.5. The number of nitrogens with zero attached hydrogens (tertiary/aromatic N) is 2. The minimum absolute atomic E-state index is 0.0364. The highest BCUT2D eigenvalue weighted by Crippen LogP contribution is 2.23. The molecule has 1 aromatic heterocycles. The molecule has 0 N–H and O–H groups in total. The fourth-order valence-electron chi connectivity index (χ4n) is 2.17. The van der Waals surface area contributed by atoms with Gasteiger partial charge in [0.1, 0.15) is 0 Å². The van der Waals surface area contributed by atoms with E-state index in [0.29, 0.717) is 5.06 Å². The van der Waals surface area contributed by atoms with Gasteiger partial charge >= 0.3 is 11.9 Å². The van der Waals surface area contributed by atoms with Crippen LogP contribution in [0.25, 0.3) is 0 Å². The second-order valence-corrected chi connectivity index (χ2v) is 4.78. The van der Waals surface area contributed by atoms with Crippen molar-refractivity contribution in [3.63, 3.8) is 0 Å². The van der Waals surface area contributed by atoms with E-state index < -0.39 is 23.8 Å². The van der Waals surface area contributed by atoms with Crippen LogP contribution in [0.2, 0.25) is 0 Å². The minimum atomic E-state index is -0.997. The van der Waals surface area contributed by atoms with Crippen LogP contribution in [0.1, 0.15) is 41.4 Å². The Balaban J connectivity index is 1.83. The molecule has 2 aromatic rings. The molecule has 0 bridgehead atoms. The lowest BCUT2D eigenvalue weighted by molar-refractivity contribution is -0.0584. The van der Waals surface area contributed by atoms with Gasteiger partial charge in [0, 0.05) is 12.4 Å². The van der Waals surface area contributed by atoms with Gasteiger partial charge in [-0.25, -0.2) is 9.59 Å².